The molecule has 0 saturated carbocycles. The first-order valence-corrected chi connectivity index (χ1v) is 9.55. The van der Waals surface area contributed by atoms with E-state index in [0.717, 1.165) is 19.3 Å². The average Bonchev–Trinajstić information content (AvgIpc) is 2.57. The molecule has 1 aliphatic rings. The van der Waals surface area contributed by atoms with Gasteiger partial charge >= 0.3 is 11.9 Å². The molecule has 1 aromatic rings. The first-order valence-electron chi connectivity index (χ1n) is 7.94. The van der Waals surface area contributed by atoms with E-state index in [1.54, 1.807) is 4.31 Å². The van der Waals surface area contributed by atoms with Crippen LogP contribution in [-0.4, -0.2) is 60.3 Å². The summed E-state index contributed by atoms with van der Waals surface area (Å²) in [7, 11) is -3.12. The van der Waals surface area contributed by atoms with Crippen molar-refractivity contribution in [3.63, 3.8) is 0 Å². The number of nitrogens with two attached hydrogens (primary N) is 1. The van der Waals surface area contributed by atoms with Gasteiger partial charge in [0.15, 0.2) is 0 Å². The van der Waals surface area contributed by atoms with Crippen LogP contribution in [0.25, 0.3) is 0 Å². The summed E-state index contributed by atoms with van der Waals surface area (Å²) in [5.41, 5.74) is 6.68. The molecule has 0 spiro atoms. The van der Waals surface area contributed by atoms with Crippen molar-refractivity contribution in [3.05, 3.63) is 35.9 Å². The monoisotopic (exact) mass is 372 g/mol. The van der Waals surface area contributed by atoms with E-state index >= 15 is 0 Å². The first-order chi connectivity index (χ1) is 11.8. The fourth-order valence-corrected chi connectivity index (χ4v) is 3.94. The van der Waals surface area contributed by atoms with E-state index in [0.29, 0.717) is 19.0 Å². The van der Waals surface area contributed by atoms with Crippen LogP contribution in [0.5, 0.6) is 0 Å². The minimum absolute atomic E-state index is 0.0658. The van der Waals surface area contributed by atoms with Gasteiger partial charge in [0.25, 0.3) is 0 Å². The lowest BCUT2D eigenvalue weighted by atomic mass is 9.91. The predicted molar refractivity (Wildman–Crippen MR) is 92.6 cm³/mol. The standard InChI is InChI=1S/C14H22N2O2S.C2H2O4/c15-8-11-19(17,18)16-9-6-14(7-10-16)12-13-4-2-1-3-5-13;3-1(4)2(5)6/h1-5,14H,6-12,15H2;(H,3,4)(H,5,6). The van der Waals surface area contributed by atoms with Crippen LogP contribution in [0, 0.1) is 5.92 Å². The maximum atomic E-state index is 11.9. The Morgan fingerprint density at radius 2 is 1.60 bits per heavy atom. The summed E-state index contributed by atoms with van der Waals surface area (Å²) >= 11 is 0. The number of sulfonamides is 1. The minimum Gasteiger partial charge on any atom is -0.473 e. The van der Waals surface area contributed by atoms with E-state index in [-0.39, 0.29) is 12.3 Å². The molecule has 0 unspecified atom stereocenters. The van der Waals surface area contributed by atoms with Gasteiger partial charge in [-0.05, 0) is 30.7 Å². The van der Waals surface area contributed by atoms with Crippen LogP contribution in [-0.2, 0) is 26.0 Å². The van der Waals surface area contributed by atoms with Gasteiger partial charge in [0.05, 0.1) is 5.75 Å². The van der Waals surface area contributed by atoms with Crippen molar-refractivity contribution in [3.8, 4) is 0 Å². The predicted octanol–water partition coefficient (Wildman–Crippen LogP) is 0.385. The third-order valence-corrected chi connectivity index (χ3v) is 5.80. The Balaban J connectivity index is 0.000000450. The van der Waals surface area contributed by atoms with Crippen molar-refractivity contribution >= 4 is 22.0 Å². The molecule has 9 heteroatoms. The number of piperidine rings is 1. The number of hydrogen-bond donors (Lipinski definition) is 3. The number of rotatable bonds is 5. The fourth-order valence-electron chi connectivity index (χ4n) is 2.62. The zero-order valence-corrected chi connectivity index (χ0v) is 14.7. The van der Waals surface area contributed by atoms with Crippen LogP contribution in [0.15, 0.2) is 30.3 Å². The highest BCUT2D eigenvalue weighted by Gasteiger charge is 2.27. The van der Waals surface area contributed by atoms with Crippen LogP contribution in [0.1, 0.15) is 18.4 Å². The topological polar surface area (TPSA) is 138 Å². The van der Waals surface area contributed by atoms with Gasteiger partial charge in [-0.15, -0.1) is 0 Å². The second-order valence-electron chi connectivity index (χ2n) is 5.75. The normalized spacial score (nSPS) is 15.9. The molecule has 1 aromatic carbocycles. The van der Waals surface area contributed by atoms with Crippen LogP contribution in [0.2, 0.25) is 0 Å². The molecule has 1 saturated heterocycles. The Morgan fingerprint density at radius 3 is 2.04 bits per heavy atom. The summed E-state index contributed by atoms with van der Waals surface area (Å²) in [6, 6.07) is 10.4. The van der Waals surface area contributed by atoms with Gasteiger partial charge in [-0.3, -0.25) is 0 Å². The molecule has 0 aromatic heterocycles. The molecule has 0 amide bonds. The van der Waals surface area contributed by atoms with Crippen molar-refractivity contribution in [2.75, 3.05) is 25.4 Å². The second kappa shape index (κ2) is 10.1. The molecule has 25 heavy (non-hydrogen) atoms. The first kappa shape index (κ1) is 21.1. The highest BCUT2D eigenvalue weighted by molar-refractivity contribution is 7.89. The van der Waals surface area contributed by atoms with Gasteiger partial charge in [0, 0.05) is 19.6 Å². The summed E-state index contributed by atoms with van der Waals surface area (Å²) in [5, 5.41) is 14.8. The zero-order chi connectivity index (χ0) is 18.9. The van der Waals surface area contributed by atoms with E-state index in [4.69, 9.17) is 25.5 Å². The number of aliphatic carboxylic acids is 2. The molecule has 1 heterocycles. The summed E-state index contributed by atoms with van der Waals surface area (Å²) in [6.45, 7) is 1.48. The Morgan fingerprint density at radius 1 is 1.08 bits per heavy atom. The average molecular weight is 372 g/mol. The Labute approximate surface area is 147 Å². The molecule has 0 atom stereocenters. The van der Waals surface area contributed by atoms with Crippen molar-refractivity contribution < 1.29 is 28.2 Å². The summed E-state index contributed by atoms with van der Waals surface area (Å²) in [5.74, 6) is -2.99. The van der Waals surface area contributed by atoms with Crippen LogP contribution in [0.3, 0.4) is 0 Å². The van der Waals surface area contributed by atoms with Gasteiger partial charge in [-0.2, -0.15) is 0 Å². The molecule has 1 fully saturated rings. The molecule has 8 nitrogen and oxygen atoms in total. The van der Waals surface area contributed by atoms with E-state index < -0.39 is 22.0 Å². The quantitative estimate of drug-likeness (QED) is 0.635. The fraction of sp³-hybridized carbons (Fsp3) is 0.500. The number of carboxylic acids is 2. The summed E-state index contributed by atoms with van der Waals surface area (Å²) in [6.07, 6.45) is 2.93. The van der Waals surface area contributed by atoms with Gasteiger partial charge in [0.2, 0.25) is 10.0 Å². The molecule has 0 bridgehead atoms. The molecule has 2 rings (SSSR count). The van der Waals surface area contributed by atoms with Gasteiger partial charge < -0.3 is 15.9 Å². The SMILES string of the molecule is NCCS(=O)(=O)N1CCC(Cc2ccccc2)CC1.O=C(O)C(=O)O. The maximum Gasteiger partial charge on any atom is 0.414 e. The Kier molecular flexibility index (Phi) is 8.53. The highest BCUT2D eigenvalue weighted by Crippen LogP contribution is 2.23. The van der Waals surface area contributed by atoms with Crippen LogP contribution < -0.4 is 5.73 Å². The van der Waals surface area contributed by atoms with Crippen molar-refractivity contribution in [1.82, 2.24) is 4.31 Å². The van der Waals surface area contributed by atoms with Gasteiger partial charge in [0.1, 0.15) is 0 Å². The molecule has 0 radical (unpaired) electrons. The van der Waals surface area contributed by atoms with Crippen molar-refractivity contribution in [1.29, 1.82) is 0 Å². The van der Waals surface area contributed by atoms with E-state index in [1.807, 2.05) is 6.07 Å². The van der Waals surface area contributed by atoms with Crippen molar-refractivity contribution in [2.45, 2.75) is 19.3 Å². The van der Waals surface area contributed by atoms with E-state index in [9.17, 15) is 8.42 Å². The summed E-state index contributed by atoms with van der Waals surface area (Å²) in [4.78, 5) is 18.2. The Bertz CT molecular complexity index is 642. The number of benzene rings is 1. The molecule has 140 valence electrons. The van der Waals surface area contributed by atoms with E-state index in [2.05, 4.69) is 24.3 Å². The molecular formula is C16H24N2O6S. The maximum absolute atomic E-state index is 11.9. The third kappa shape index (κ3) is 7.63. The largest absolute Gasteiger partial charge is 0.473 e. The zero-order valence-electron chi connectivity index (χ0n) is 13.9. The van der Waals surface area contributed by atoms with Crippen LogP contribution >= 0.6 is 0 Å². The smallest absolute Gasteiger partial charge is 0.414 e. The lowest BCUT2D eigenvalue weighted by Crippen LogP contribution is -2.41. The number of hydrogen-bond acceptors (Lipinski definition) is 5. The number of nitrogens with zero attached hydrogens (tertiary/aromatic N) is 1. The lowest BCUT2D eigenvalue weighted by molar-refractivity contribution is -0.159. The van der Waals surface area contributed by atoms with E-state index in [1.165, 1.54) is 5.56 Å². The minimum atomic E-state index is -3.12. The highest BCUT2D eigenvalue weighted by atomic mass is 32.2. The Hall–Kier alpha value is -1.97. The lowest BCUT2D eigenvalue weighted by Gasteiger charge is -2.31. The molecule has 1 aliphatic heterocycles. The van der Waals surface area contributed by atoms with Gasteiger partial charge in [-0.25, -0.2) is 22.3 Å². The number of carboxylic acid groups (broad SMARTS) is 2. The van der Waals surface area contributed by atoms with Gasteiger partial charge in [-0.1, -0.05) is 30.3 Å². The molecule has 4 N–H and O–H groups in total. The second-order valence-corrected chi connectivity index (χ2v) is 7.84. The van der Waals surface area contributed by atoms with Crippen LogP contribution in [0.4, 0.5) is 0 Å². The van der Waals surface area contributed by atoms with Crippen molar-refractivity contribution in [2.24, 2.45) is 11.7 Å². The molecule has 0 aliphatic carbocycles. The summed E-state index contributed by atoms with van der Waals surface area (Å²) < 4.78 is 25.4. The molecular weight excluding hydrogens is 348 g/mol. The number of carbonyl (C=O) groups is 2. The third-order valence-electron chi connectivity index (χ3n) is 3.89.